The molecule has 2 aliphatic heterocycles. The largest absolute Gasteiger partial charge is 0.337 e. The Morgan fingerprint density at radius 1 is 0.964 bits per heavy atom. The smallest absolute Gasteiger partial charge is 0.237 e. The van der Waals surface area contributed by atoms with Crippen molar-refractivity contribution in [1.82, 2.24) is 9.80 Å². The lowest BCUT2D eigenvalue weighted by atomic mass is 9.96. The molecule has 0 unspecified atom stereocenters. The SMILES string of the molecule is O=C(Nc1ccccc1)[C@H]1CCCN(CC(=O)N2CCc3ccccc3C2)C1. The van der Waals surface area contributed by atoms with Crippen LogP contribution in [0.25, 0.3) is 0 Å². The normalized spacial score (nSPS) is 19.7. The van der Waals surface area contributed by atoms with Gasteiger partial charge in [-0.05, 0) is 49.1 Å². The number of piperidine rings is 1. The quantitative estimate of drug-likeness (QED) is 0.891. The molecule has 2 heterocycles. The van der Waals surface area contributed by atoms with Gasteiger partial charge >= 0.3 is 0 Å². The molecule has 4 rings (SSSR count). The number of rotatable bonds is 4. The summed E-state index contributed by atoms with van der Waals surface area (Å²) in [6.07, 6.45) is 2.74. The number of carbonyl (C=O) groups excluding carboxylic acids is 2. The van der Waals surface area contributed by atoms with Gasteiger partial charge in [-0.2, -0.15) is 0 Å². The van der Waals surface area contributed by atoms with E-state index >= 15 is 0 Å². The summed E-state index contributed by atoms with van der Waals surface area (Å²) in [5.41, 5.74) is 3.43. The summed E-state index contributed by atoms with van der Waals surface area (Å²) in [5.74, 6) is 0.151. The maximum absolute atomic E-state index is 12.8. The van der Waals surface area contributed by atoms with Crippen LogP contribution < -0.4 is 5.32 Å². The van der Waals surface area contributed by atoms with Crippen LogP contribution in [0.3, 0.4) is 0 Å². The first-order chi connectivity index (χ1) is 13.7. The van der Waals surface area contributed by atoms with Gasteiger partial charge < -0.3 is 10.2 Å². The first-order valence-corrected chi connectivity index (χ1v) is 10.1. The van der Waals surface area contributed by atoms with Gasteiger partial charge in [-0.25, -0.2) is 0 Å². The van der Waals surface area contributed by atoms with E-state index in [1.54, 1.807) is 0 Å². The third-order valence-corrected chi connectivity index (χ3v) is 5.76. The lowest BCUT2D eigenvalue weighted by molar-refractivity contribution is -0.134. The molecule has 0 aliphatic carbocycles. The molecule has 5 nitrogen and oxygen atoms in total. The van der Waals surface area contributed by atoms with Crippen LogP contribution in [-0.4, -0.2) is 47.8 Å². The molecule has 2 aromatic rings. The first-order valence-electron chi connectivity index (χ1n) is 10.1. The zero-order valence-corrected chi connectivity index (χ0v) is 16.1. The monoisotopic (exact) mass is 377 g/mol. The fourth-order valence-corrected chi connectivity index (χ4v) is 4.18. The molecule has 2 amide bonds. The molecule has 0 bridgehead atoms. The molecule has 1 atom stereocenters. The van der Waals surface area contributed by atoms with Crippen LogP contribution in [0, 0.1) is 5.92 Å². The Morgan fingerprint density at radius 3 is 2.54 bits per heavy atom. The number of hydrogen-bond donors (Lipinski definition) is 1. The molecule has 0 radical (unpaired) electrons. The van der Waals surface area contributed by atoms with E-state index in [1.165, 1.54) is 11.1 Å². The first kappa shape index (κ1) is 18.7. The lowest BCUT2D eigenvalue weighted by Crippen LogP contribution is -2.47. The number of benzene rings is 2. The zero-order valence-electron chi connectivity index (χ0n) is 16.1. The second-order valence-corrected chi connectivity index (χ2v) is 7.76. The minimum absolute atomic E-state index is 0.0512. The maximum Gasteiger partial charge on any atom is 0.237 e. The van der Waals surface area contributed by atoms with Crippen molar-refractivity contribution in [2.24, 2.45) is 5.92 Å². The number of amides is 2. The highest BCUT2D eigenvalue weighted by atomic mass is 16.2. The van der Waals surface area contributed by atoms with Crippen molar-refractivity contribution in [2.45, 2.75) is 25.8 Å². The van der Waals surface area contributed by atoms with Crippen molar-refractivity contribution in [3.8, 4) is 0 Å². The molecule has 1 N–H and O–H groups in total. The predicted molar refractivity (Wildman–Crippen MR) is 110 cm³/mol. The van der Waals surface area contributed by atoms with E-state index in [2.05, 4.69) is 28.4 Å². The molecule has 2 aromatic carbocycles. The van der Waals surface area contributed by atoms with Gasteiger partial charge in [0.1, 0.15) is 0 Å². The summed E-state index contributed by atoms with van der Waals surface area (Å²) in [6.45, 7) is 3.40. The highest BCUT2D eigenvalue weighted by Crippen LogP contribution is 2.21. The van der Waals surface area contributed by atoms with E-state index in [4.69, 9.17) is 0 Å². The maximum atomic E-state index is 12.8. The second kappa shape index (κ2) is 8.57. The Morgan fingerprint density at radius 2 is 1.71 bits per heavy atom. The van der Waals surface area contributed by atoms with Gasteiger partial charge in [-0.15, -0.1) is 0 Å². The van der Waals surface area contributed by atoms with E-state index in [1.807, 2.05) is 41.3 Å². The summed E-state index contributed by atoms with van der Waals surface area (Å²) in [7, 11) is 0. The number of nitrogens with zero attached hydrogens (tertiary/aromatic N) is 2. The van der Waals surface area contributed by atoms with Crippen LogP contribution in [0.4, 0.5) is 5.69 Å². The number of para-hydroxylation sites is 1. The second-order valence-electron chi connectivity index (χ2n) is 7.76. The van der Waals surface area contributed by atoms with E-state index in [0.717, 1.165) is 38.0 Å². The predicted octanol–water partition coefficient (Wildman–Crippen LogP) is 2.92. The van der Waals surface area contributed by atoms with Gasteiger partial charge in [-0.1, -0.05) is 42.5 Å². The van der Waals surface area contributed by atoms with Crippen molar-refractivity contribution in [1.29, 1.82) is 0 Å². The molecule has 5 heteroatoms. The van der Waals surface area contributed by atoms with E-state index in [-0.39, 0.29) is 17.7 Å². The standard InChI is InChI=1S/C23H27N3O2/c27-22(26-14-12-18-7-4-5-8-19(18)16-26)17-25-13-6-9-20(15-25)23(28)24-21-10-2-1-3-11-21/h1-5,7-8,10-11,20H,6,9,12-17H2,(H,24,28)/t20-/m0/s1. The molecule has 1 saturated heterocycles. The van der Waals surface area contributed by atoms with Crippen molar-refractivity contribution in [3.63, 3.8) is 0 Å². The molecule has 1 fully saturated rings. The van der Waals surface area contributed by atoms with Gasteiger partial charge in [-0.3, -0.25) is 14.5 Å². The summed E-state index contributed by atoms with van der Waals surface area (Å²) in [5, 5.41) is 3.00. The van der Waals surface area contributed by atoms with Crippen LogP contribution >= 0.6 is 0 Å². The summed E-state index contributed by atoms with van der Waals surface area (Å²) in [6, 6.07) is 17.9. The molecule has 0 saturated carbocycles. The average Bonchev–Trinajstić information content (AvgIpc) is 2.74. The zero-order chi connectivity index (χ0) is 19.3. The highest BCUT2D eigenvalue weighted by molar-refractivity contribution is 5.92. The van der Waals surface area contributed by atoms with Gasteiger partial charge in [0.05, 0.1) is 12.5 Å². The van der Waals surface area contributed by atoms with Crippen LogP contribution in [0.15, 0.2) is 54.6 Å². The minimum atomic E-state index is -0.0659. The number of fused-ring (bicyclic) bond motifs is 1. The minimum Gasteiger partial charge on any atom is -0.337 e. The Kier molecular flexibility index (Phi) is 5.72. The number of hydrogen-bond acceptors (Lipinski definition) is 3. The molecular formula is C23H27N3O2. The molecule has 28 heavy (non-hydrogen) atoms. The van der Waals surface area contributed by atoms with Crippen LogP contribution in [0.5, 0.6) is 0 Å². The Hall–Kier alpha value is -2.66. The van der Waals surface area contributed by atoms with Gasteiger partial charge in [0.2, 0.25) is 11.8 Å². The van der Waals surface area contributed by atoms with Crippen molar-refractivity contribution in [3.05, 3.63) is 65.7 Å². The number of likely N-dealkylation sites (tertiary alicyclic amines) is 1. The molecule has 0 spiro atoms. The van der Waals surface area contributed by atoms with E-state index in [0.29, 0.717) is 19.6 Å². The van der Waals surface area contributed by atoms with Gasteiger partial charge in [0, 0.05) is 25.3 Å². The van der Waals surface area contributed by atoms with Gasteiger partial charge in [0.15, 0.2) is 0 Å². The summed E-state index contributed by atoms with van der Waals surface area (Å²) in [4.78, 5) is 29.5. The number of carbonyl (C=O) groups is 2. The Balaban J connectivity index is 1.31. The Labute approximate surface area is 166 Å². The fourth-order valence-electron chi connectivity index (χ4n) is 4.18. The lowest BCUT2D eigenvalue weighted by Gasteiger charge is -2.34. The number of nitrogens with one attached hydrogen (secondary N) is 1. The van der Waals surface area contributed by atoms with Crippen molar-refractivity contribution in [2.75, 3.05) is 31.5 Å². The fraction of sp³-hybridized carbons (Fsp3) is 0.391. The molecular weight excluding hydrogens is 350 g/mol. The van der Waals surface area contributed by atoms with Crippen LogP contribution in [0.2, 0.25) is 0 Å². The van der Waals surface area contributed by atoms with Crippen LogP contribution in [0.1, 0.15) is 24.0 Å². The highest BCUT2D eigenvalue weighted by Gasteiger charge is 2.28. The van der Waals surface area contributed by atoms with Gasteiger partial charge in [0.25, 0.3) is 0 Å². The molecule has 146 valence electrons. The topological polar surface area (TPSA) is 52.7 Å². The Bertz CT molecular complexity index is 837. The van der Waals surface area contributed by atoms with E-state index in [9.17, 15) is 9.59 Å². The van der Waals surface area contributed by atoms with Crippen molar-refractivity contribution >= 4 is 17.5 Å². The number of anilines is 1. The summed E-state index contributed by atoms with van der Waals surface area (Å²) < 4.78 is 0. The average molecular weight is 377 g/mol. The van der Waals surface area contributed by atoms with Crippen molar-refractivity contribution < 1.29 is 9.59 Å². The third kappa shape index (κ3) is 4.42. The molecule has 2 aliphatic rings. The van der Waals surface area contributed by atoms with E-state index < -0.39 is 0 Å². The van der Waals surface area contributed by atoms with Crippen LogP contribution in [-0.2, 0) is 22.6 Å². The molecule has 0 aromatic heterocycles. The third-order valence-electron chi connectivity index (χ3n) is 5.76. The summed E-state index contributed by atoms with van der Waals surface area (Å²) >= 11 is 0.